The van der Waals surface area contributed by atoms with E-state index in [9.17, 15) is 5.41 Å². The highest BCUT2D eigenvalue weighted by molar-refractivity contribution is 6.12. The molecular weight excluding hydrogens is 400 g/mol. The number of nitrogens with zero attached hydrogens (tertiary/aromatic N) is 3. The van der Waals surface area contributed by atoms with E-state index in [0.29, 0.717) is 11.8 Å². The lowest BCUT2D eigenvalue weighted by molar-refractivity contribution is 0.0800. The first kappa shape index (κ1) is 21.2. The molecule has 1 saturated heterocycles. The molecule has 170 valence electrons. The molecule has 0 aliphatic carbocycles. The van der Waals surface area contributed by atoms with Gasteiger partial charge >= 0.3 is 0 Å². The van der Waals surface area contributed by atoms with Gasteiger partial charge < -0.3 is 20.3 Å². The van der Waals surface area contributed by atoms with Gasteiger partial charge in [-0.3, -0.25) is 10.1 Å². The fourth-order valence-electron chi connectivity index (χ4n) is 5.17. The highest BCUT2D eigenvalue weighted by atomic mass is 16.5. The molecule has 32 heavy (non-hydrogen) atoms. The van der Waals surface area contributed by atoms with Gasteiger partial charge in [0.1, 0.15) is 0 Å². The number of fused-ring (bicyclic) bond motifs is 1. The molecule has 1 aromatic heterocycles. The van der Waals surface area contributed by atoms with Crippen LogP contribution < -0.4 is 15.5 Å². The average Bonchev–Trinajstić information content (AvgIpc) is 3.13. The van der Waals surface area contributed by atoms with Crippen LogP contribution >= 0.6 is 0 Å². The third kappa shape index (κ3) is 4.45. The maximum Gasteiger partial charge on any atom is 0.0755 e. The van der Waals surface area contributed by atoms with E-state index < -0.39 is 0 Å². The van der Waals surface area contributed by atoms with E-state index in [4.69, 9.17) is 4.74 Å². The first-order chi connectivity index (χ1) is 15.7. The lowest BCUT2D eigenvalue weighted by atomic mass is 9.89. The Bertz CT molecular complexity index is 1000. The second kappa shape index (κ2) is 9.46. The number of anilines is 1. The number of aromatic nitrogens is 2. The van der Waals surface area contributed by atoms with Gasteiger partial charge in [0.2, 0.25) is 0 Å². The molecule has 0 bridgehead atoms. The van der Waals surface area contributed by atoms with Crippen LogP contribution in [0.3, 0.4) is 0 Å². The van der Waals surface area contributed by atoms with Crippen molar-refractivity contribution in [1.82, 2.24) is 20.4 Å². The molecule has 3 aliphatic rings. The zero-order chi connectivity index (χ0) is 21.9. The standard InChI is InChI=1S/C25H34N6O/c1-30-17-20(14-28-30)31-11-3-6-21-18(16-31)4-2-5-22(21)25(26)23-15-27-10-7-24(23)29-19-8-12-32-13-9-19/h2,4-5,14,17,19,26-27,29H,3,6-13,15-16H2,1H3. The fourth-order valence-corrected chi connectivity index (χ4v) is 5.17. The van der Waals surface area contributed by atoms with Crippen LogP contribution in [-0.2, 0) is 24.8 Å². The van der Waals surface area contributed by atoms with Crippen LogP contribution in [0.5, 0.6) is 0 Å². The Morgan fingerprint density at radius 3 is 2.94 bits per heavy atom. The Morgan fingerprint density at radius 1 is 1.25 bits per heavy atom. The minimum atomic E-state index is 0.459. The van der Waals surface area contributed by atoms with E-state index >= 15 is 0 Å². The number of nitrogens with one attached hydrogen (secondary N) is 3. The summed E-state index contributed by atoms with van der Waals surface area (Å²) >= 11 is 0. The maximum atomic E-state index is 9.21. The van der Waals surface area contributed by atoms with Crippen LogP contribution in [0.15, 0.2) is 41.9 Å². The maximum absolute atomic E-state index is 9.21. The predicted molar refractivity (Wildman–Crippen MR) is 127 cm³/mol. The summed E-state index contributed by atoms with van der Waals surface area (Å²) in [6.45, 7) is 5.26. The fraction of sp³-hybridized carbons (Fsp3) is 0.520. The topological polar surface area (TPSA) is 78.2 Å². The highest BCUT2D eigenvalue weighted by Gasteiger charge is 2.25. The first-order valence-corrected chi connectivity index (χ1v) is 11.9. The van der Waals surface area contributed by atoms with Crippen LogP contribution in [0.2, 0.25) is 0 Å². The summed E-state index contributed by atoms with van der Waals surface area (Å²) in [6, 6.07) is 6.96. The molecular formula is C25H34N6O. The molecule has 0 saturated carbocycles. The van der Waals surface area contributed by atoms with E-state index in [1.54, 1.807) is 0 Å². The summed E-state index contributed by atoms with van der Waals surface area (Å²) in [5.74, 6) is 0. The molecule has 2 aromatic rings. The van der Waals surface area contributed by atoms with Crippen LogP contribution in [-0.4, -0.2) is 54.4 Å². The highest BCUT2D eigenvalue weighted by Crippen LogP contribution is 2.28. The van der Waals surface area contributed by atoms with Crippen molar-refractivity contribution in [3.05, 3.63) is 58.6 Å². The minimum absolute atomic E-state index is 0.459. The average molecular weight is 435 g/mol. The second-order valence-corrected chi connectivity index (χ2v) is 9.13. The molecule has 0 radical (unpaired) electrons. The number of rotatable bonds is 5. The summed E-state index contributed by atoms with van der Waals surface area (Å²) in [4.78, 5) is 2.41. The van der Waals surface area contributed by atoms with E-state index in [1.165, 1.54) is 22.5 Å². The van der Waals surface area contributed by atoms with E-state index in [0.717, 1.165) is 82.6 Å². The summed E-state index contributed by atoms with van der Waals surface area (Å²) in [5.41, 5.74) is 8.00. The lowest BCUT2D eigenvalue weighted by Crippen LogP contribution is -2.40. The molecule has 4 heterocycles. The summed E-state index contributed by atoms with van der Waals surface area (Å²) in [5, 5.41) is 20.8. The van der Waals surface area contributed by atoms with Crippen molar-refractivity contribution in [2.45, 2.75) is 44.7 Å². The van der Waals surface area contributed by atoms with Gasteiger partial charge in [0, 0.05) is 81.9 Å². The Labute approximate surface area is 190 Å². The molecule has 0 amide bonds. The molecule has 7 heteroatoms. The zero-order valence-corrected chi connectivity index (χ0v) is 19.0. The second-order valence-electron chi connectivity index (χ2n) is 9.13. The van der Waals surface area contributed by atoms with Gasteiger partial charge in [0.25, 0.3) is 0 Å². The Kier molecular flexibility index (Phi) is 6.28. The first-order valence-electron chi connectivity index (χ1n) is 11.9. The Hall–Kier alpha value is -2.64. The number of aryl methyl sites for hydroxylation is 1. The van der Waals surface area contributed by atoms with Crippen molar-refractivity contribution in [2.24, 2.45) is 7.05 Å². The lowest BCUT2D eigenvalue weighted by Gasteiger charge is -2.30. The zero-order valence-electron chi connectivity index (χ0n) is 19.0. The largest absolute Gasteiger partial charge is 0.385 e. The van der Waals surface area contributed by atoms with Crippen LogP contribution in [0.25, 0.3) is 0 Å². The summed E-state index contributed by atoms with van der Waals surface area (Å²) in [7, 11) is 1.96. The van der Waals surface area contributed by atoms with E-state index in [-0.39, 0.29) is 0 Å². The third-order valence-corrected chi connectivity index (χ3v) is 6.93. The third-order valence-electron chi connectivity index (χ3n) is 6.93. The van der Waals surface area contributed by atoms with Crippen molar-refractivity contribution < 1.29 is 4.74 Å². The molecule has 5 rings (SSSR count). The van der Waals surface area contributed by atoms with Gasteiger partial charge in [0.15, 0.2) is 0 Å². The Balaban J connectivity index is 1.42. The molecule has 0 atom stereocenters. The number of hydrogen-bond donors (Lipinski definition) is 3. The van der Waals surface area contributed by atoms with Crippen LogP contribution in [0.4, 0.5) is 5.69 Å². The monoisotopic (exact) mass is 434 g/mol. The molecule has 3 aliphatic heterocycles. The minimum Gasteiger partial charge on any atom is -0.385 e. The summed E-state index contributed by atoms with van der Waals surface area (Å²) < 4.78 is 7.39. The van der Waals surface area contributed by atoms with Crippen molar-refractivity contribution in [3.63, 3.8) is 0 Å². The van der Waals surface area contributed by atoms with Gasteiger partial charge in [0.05, 0.1) is 17.6 Å². The van der Waals surface area contributed by atoms with Crippen LogP contribution in [0, 0.1) is 5.41 Å². The molecule has 1 aromatic carbocycles. The van der Waals surface area contributed by atoms with Crippen molar-refractivity contribution in [1.29, 1.82) is 5.41 Å². The molecule has 3 N–H and O–H groups in total. The SMILES string of the molecule is Cn1cc(N2CCCc3c(cccc3C(=N)C3=C(NC4CCOCC4)CCNC3)C2)cn1. The number of hydrogen-bond acceptors (Lipinski definition) is 6. The molecule has 1 fully saturated rings. The Morgan fingerprint density at radius 2 is 2.12 bits per heavy atom. The van der Waals surface area contributed by atoms with Crippen molar-refractivity contribution in [3.8, 4) is 0 Å². The molecule has 0 unspecified atom stereocenters. The smallest absolute Gasteiger partial charge is 0.0755 e. The van der Waals surface area contributed by atoms with Gasteiger partial charge in [-0.15, -0.1) is 0 Å². The van der Waals surface area contributed by atoms with Gasteiger partial charge in [-0.25, -0.2) is 0 Å². The normalized spacial score (nSPS) is 20.1. The predicted octanol–water partition coefficient (Wildman–Crippen LogP) is 2.76. The van der Waals surface area contributed by atoms with Gasteiger partial charge in [-0.1, -0.05) is 18.2 Å². The van der Waals surface area contributed by atoms with Gasteiger partial charge in [-0.05, 0) is 36.8 Å². The quantitative estimate of drug-likeness (QED) is 0.631. The van der Waals surface area contributed by atoms with Crippen LogP contribution in [0.1, 0.15) is 42.4 Å². The summed E-state index contributed by atoms with van der Waals surface area (Å²) in [6.07, 6.45) is 9.17. The van der Waals surface area contributed by atoms with Crippen molar-refractivity contribution >= 4 is 11.4 Å². The van der Waals surface area contributed by atoms with Crippen molar-refractivity contribution in [2.75, 3.05) is 37.7 Å². The van der Waals surface area contributed by atoms with Gasteiger partial charge in [-0.2, -0.15) is 5.10 Å². The van der Waals surface area contributed by atoms with E-state index in [1.807, 2.05) is 17.9 Å². The number of benzene rings is 1. The molecule has 0 spiro atoms. The van der Waals surface area contributed by atoms with E-state index in [2.05, 4.69) is 45.0 Å². The molecule has 7 nitrogen and oxygen atoms in total. The number of ether oxygens (including phenoxy) is 1.